The second kappa shape index (κ2) is 7.79. The molecule has 1 aromatic carbocycles. The predicted octanol–water partition coefficient (Wildman–Crippen LogP) is 3.84. The Balaban J connectivity index is 2.08. The van der Waals surface area contributed by atoms with E-state index in [-0.39, 0.29) is 0 Å². The van der Waals surface area contributed by atoms with Gasteiger partial charge in [-0.05, 0) is 48.8 Å². The summed E-state index contributed by atoms with van der Waals surface area (Å²) in [5.74, 6) is 0. The Labute approximate surface area is 128 Å². The van der Waals surface area contributed by atoms with Gasteiger partial charge in [0.05, 0.1) is 0 Å². The summed E-state index contributed by atoms with van der Waals surface area (Å²) in [6.45, 7) is 10.5. The molecule has 1 heterocycles. The highest BCUT2D eigenvalue weighted by Crippen LogP contribution is 2.18. The van der Waals surface area contributed by atoms with Gasteiger partial charge in [0.25, 0.3) is 0 Å². The van der Waals surface area contributed by atoms with Crippen molar-refractivity contribution in [2.75, 3.05) is 18.4 Å². The second-order valence-corrected chi connectivity index (χ2v) is 5.27. The summed E-state index contributed by atoms with van der Waals surface area (Å²) in [5, 5.41) is 3.56. The zero-order valence-corrected chi connectivity index (χ0v) is 13.3. The third-order valence-corrected chi connectivity index (χ3v) is 3.92. The lowest BCUT2D eigenvalue weighted by atomic mass is 10.1. The fraction of sp³-hybridized carbons (Fsp3) is 0.389. The molecule has 0 aliphatic heterocycles. The van der Waals surface area contributed by atoms with Crippen LogP contribution in [0.5, 0.6) is 0 Å². The molecule has 0 bridgehead atoms. The van der Waals surface area contributed by atoms with Crippen LogP contribution < -0.4 is 5.32 Å². The maximum absolute atomic E-state index is 4.21. The molecule has 112 valence electrons. The third-order valence-electron chi connectivity index (χ3n) is 3.92. The van der Waals surface area contributed by atoms with Gasteiger partial charge in [-0.3, -0.25) is 9.88 Å². The summed E-state index contributed by atoms with van der Waals surface area (Å²) in [4.78, 5) is 6.63. The lowest BCUT2D eigenvalue weighted by molar-refractivity contribution is 0.296. The molecule has 0 atom stereocenters. The molecule has 3 nitrogen and oxygen atoms in total. The second-order valence-electron chi connectivity index (χ2n) is 5.27. The molecule has 0 unspecified atom stereocenters. The molecule has 0 amide bonds. The zero-order valence-electron chi connectivity index (χ0n) is 13.3. The quantitative estimate of drug-likeness (QED) is 0.836. The van der Waals surface area contributed by atoms with Crippen LogP contribution >= 0.6 is 0 Å². The maximum Gasteiger partial charge on any atom is 0.0418 e. The maximum atomic E-state index is 4.21. The van der Waals surface area contributed by atoms with E-state index >= 15 is 0 Å². The standard InChI is InChI=1S/C18H25N3/c1-4-21(5-2)14-16-8-6-7-9-18(16)20-13-17-12-19-11-10-15(17)3/h6-12,20H,4-5,13-14H2,1-3H3. The van der Waals surface area contributed by atoms with E-state index in [9.17, 15) is 0 Å². The minimum Gasteiger partial charge on any atom is -0.381 e. The number of benzene rings is 1. The molecule has 0 saturated heterocycles. The Hall–Kier alpha value is -1.87. The molecule has 0 spiro atoms. The van der Waals surface area contributed by atoms with Crippen LogP contribution in [0.1, 0.15) is 30.5 Å². The molecular weight excluding hydrogens is 258 g/mol. The summed E-state index contributed by atoms with van der Waals surface area (Å²) in [5.41, 5.74) is 5.09. The summed E-state index contributed by atoms with van der Waals surface area (Å²) < 4.78 is 0. The van der Waals surface area contributed by atoms with E-state index < -0.39 is 0 Å². The van der Waals surface area contributed by atoms with Gasteiger partial charge in [0, 0.05) is 31.2 Å². The Morgan fingerprint density at radius 1 is 1.05 bits per heavy atom. The zero-order chi connectivity index (χ0) is 15.1. The van der Waals surface area contributed by atoms with E-state index in [1.54, 1.807) is 0 Å². The Kier molecular flexibility index (Phi) is 5.76. The number of rotatable bonds is 7. The van der Waals surface area contributed by atoms with Crippen LogP contribution in [0.4, 0.5) is 5.69 Å². The van der Waals surface area contributed by atoms with Gasteiger partial charge in [-0.15, -0.1) is 0 Å². The minimum atomic E-state index is 0.814. The minimum absolute atomic E-state index is 0.814. The van der Waals surface area contributed by atoms with E-state index in [0.717, 1.165) is 26.2 Å². The Bertz CT molecular complexity index is 562. The van der Waals surface area contributed by atoms with Crippen LogP contribution in [0.25, 0.3) is 0 Å². The summed E-state index contributed by atoms with van der Waals surface area (Å²) in [6, 6.07) is 10.6. The van der Waals surface area contributed by atoms with Crippen molar-refractivity contribution >= 4 is 5.69 Å². The molecule has 0 radical (unpaired) electrons. The molecule has 0 aliphatic rings. The van der Waals surface area contributed by atoms with Crippen LogP contribution in [0, 0.1) is 6.92 Å². The average molecular weight is 283 g/mol. The fourth-order valence-corrected chi connectivity index (χ4v) is 2.39. The first-order chi connectivity index (χ1) is 10.2. The molecule has 1 N–H and O–H groups in total. The molecular formula is C18H25N3. The van der Waals surface area contributed by atoms with Crippen molar-refractivity contribution in [3.8, 4) is 0 Å². The molecule has 3 heteroatoms. The molecule has 2 aromatic rings. The largest absolute Gasteiger partial charge is 0.381 e. The van der Waals surface area contributed by atoms with Gasteiger partial charge in [-0.2, -0.15) is 0 Å². The van der Waals surface area contributed by atoms with E-state index in [0.29, 0.717) is 0 Å². The monoisotopic (exact) mass is 283 g/mol. The van der Waals surface area contributed by atoms with Crippen molar-refractivity contribution in [2.24, 2.45) is 0 Å². The van der Waals surface area contributed by atoms with Gasteiger partial charge >= 0.3 is 0 Å². The van der Waals surface area contributed by atoms with Crippen molar-refractivity contribution in [3.05, 3.63) is 59.4 Å². The summed E-state index contributed by atoms with van der Waals surface area (Å²) in [7, 11) is 0. The summed E-state index contributed by atoms with van der Waals surface area (Å²) >= 11 is 0. The number of para-hydroxylation sites is 1. The Morgan fingerprint density at radius 2 is 1.81 bits per heavy atom. The average Bonchev–Trinajstić information content (AvgIpc) is 2.53. The highest BCUT2D eigenvalue weighted by atomic mass is 15.1. The molecule has 0 saturated carbocycles. The first-order valence-corrected chi connectivity index (χ1v) is 7.68. The lowest BCUT2D eigenvalue weighted by Gasteiger charge is -2.20. The normalized spacial score (nSPS) is 10.9. The number of aromatic nitrogens is 1. The van der Waals surface area contributed by atoms with E-state index in [4.69, 9.17) is 0 Å². The Morgan fingerprint density at radius 3 is 2.52 bits per heavy atom. The van der Waals surface area contributed by atoms with Crippen LogP contribution in [0.2, 0.25) is 0 Å². The highest BCUT2D eigenvalue weighted by Gasteiger charge is 2.06. The third kappa shape index (κ3) is 4.30. The highest BCUT2D eigenvalue weighted by molar-refractivity contribution is 5.51. The molecule has 0 aliphatic carbocycles. The smallest absolute Gasteiger partial charge is 0.0418 e. The summed E-state index contributed by atoms with van der Waals surface area (Å²) in [6.07, 6.45) is 3.78. The van der Waals surface area contributed by atoms with Crippen LogP contribution in [0.15, 0.2) is 42.7 Å². The van der Waals surface area contributed by atoms with Crippen molar-refractivity contribution in [3.63, 3.8) is 0 Å². The number of hydrogen-bond donors (Lipinski definition) is 1. The van der Waals surface area contributed by atoms with Crippen molar-refractivity contribution in [1.29, 1.82) is 0 Å². The predicted molar refractivity (Wildman–Crippen MR) is 89.4 cm³/mol. The van der Waals surface area contributed by atoms with Crippen molar-refractivity contribution < 1.29 is 0 Å². The SMILES string of the molecule is CCN(CC)Cc1ccccc1NCc1cnccc1C. The van der Waals surface area contributed by atoms with Gasteiger partial charge in [0.2, 0.25) is 0 Å². The molecule has 21 heavy (non-hydrogen) atoms. The molecule has 2 rings (SSSR count). The van der Waals surface area contributed by atoms with Gasteiger partial charge in [-0.25, -0.2) is 0 Å². The van der Waals surface area contributed by atoms with Crippen LogP contribution in [-0.4, -0.2) is 23.0 Å². The van der Waals surface area contributed by atoms with E-state index in [1.165, 1.54) is 22.4 Å². The van der Waals surface area contributed by atoms with Crippen LogP contribution in [0.3, 0.4) is 0 Å². The van der Waals surface area contributed by atoms with Gasteiger partial charge in [0.1, 0.15) is 0 Å². The first kappa shape index (κ1) is 15.5. The lowest BCUT2D eigenvalue weighted by Crippen LogP contribution is -2.22. The van der Waals surface area contributed by atoms with Gasteiger partial charge in [0.15, 0.2) is 0 Å². The van der Waals surface area contributed by atoms with E-state index in [1.807, 2.05) is 12.4 Å². The molecule has 1 aromatic heterocycles. The van der Waals surface area contributed by atoms with Gasteiger partial charge in [-0.1, -0.05) is 32.0 Å². The first-order valence-electron chi connectivity index (χ1n) is 7.68. The number of anilines is 1. The van der Waals surface area contributed by atoms with E-state index in [2.05, 4.69) is 66.3 Å². The number of pyridine rings is 1. The number of nitrogens with zero attached hydrogens (tertiary/aromatic N) is 2. The molecule has 0 fully saturated rings. The number of hydrogen-bond acceptors (Lipinski definition) is 3. The van der Waals surface area contributed by atoms with Crippen molar-refractivity contribution in [2.45, 2.75) is 33.9 Å². The fourth-order valence-electron chi connectivity index (χ4n) is 2.39. The number of nitrogens with one attached hydrogen (secondary N) is 1. The number of aryl methyl sites for hydroxylation is 1. The van der Waals surface area contributed by atoms with Gasteiger partial charge < -0.3 is 5.32 Å². The topological polar surface area (TPSA) is 28.2 Å². The van der Waals surface area contributed by atoms with Crippen molar-refractivity contribution in [1.82, 2.24) is 9.88 Å². The van der Waals surface area contributed by atoms with Crippen LogP contribution in [-0.2, 0) is 13.1 Å².